The van der Waals surface area contributed by atoms with Gasteiger partial charge < -0.3 is 8.92 Å². The highest BCUT2D eigenvalue weighted by Crippen LogP contribution is 2.26. The van der Waals surface area contributed by atoms with Crippen molar-refractivity contribution in [3.63, 3.8) is 0 Å². The lowest BCUT2D eigenvalue weighted by Gasteiger charge is -2.26. The van der Waals surface area contributed by atoms with Crippen molar-refractivity contribution < 1.29 is 8.92 Å². The molecule has 1 rings (SSSR count). The Bertz CT molecular complexity index is 107. The van der Waals surface area contributed by atoms with E-state index in [9.17, 15) is 0 Å². The van der Waals surface area contributed by atoms with Gasteiger partial charge in [0.1, 0.15) is 0 Å². The Morgan fingerprint density at radius 2 is 2.18 bits per heavy atom. The van der Waals surface area contributed by atoms with Crippen LogP contribution in [0.4, 0.5) is 0 Å². The SMILES string of the molecule is CC(OSI)C1CCOCC1. The molecule has 0 radical (unpaired) electrons. The van der Waals surface area contributed by atoms with Gasteiger partial charge in [-0.05, 0) is 25.7 Å². The van der Waals surface area contributed by atoms with E-state index < -0.39 is 0 Å². The van der Waals surface area contributed by atoms with E-state index >= 15 is 0 Å². The normalized spacial score (nSPS) is 23.5. The molecule has 0 bridgehead atoms. The number of rotatable bonds is 3. The second-order valence-electron chi connectivity index (χ2n) is 2.81. The Kier molecular flexibility index (Phi) is 5.14. The largest absolute Gasteiger partial charge is 0.381 e. The molecule has 11 heavy (non-hydrogen) atoms. The van der Waals surface area contributed by atoms with E-state index in [0.717, 1.165) is 26.1 Å². The number of ether oxygens (including phenoxy) is 1. The zero-order chi connectivity index (χ0) is 8.10. The minimum atomic E-state index is 0.376. The highest BCUT2D eigenvalue weighted by molar-refractivity contribution is 14.2. The van der Waals surface area contributed by atoms with Crippen LogP contribution in [0.3, 0.4) is 0 Å². The van der Waals surface area contributed by atoms with E-state index in [-0.39, 0.29) is 0 Å². The van der Waals surface area contributed by atoms with E-state index in [1.165, 1.54) is 9.21 Å². The zero-order valence-electron chi connectivity index (χ0n) is 6.59. The van der Waals surface area contributed by atoms with Crippen molar-refractivity contribution in [3.8, 4) is 0 Å². The molecule has 4 heteroatoms. The van der Waals surface area contributed by atoms with E-state index in [4.69, 9.17) is 8.92 Å². The van der Waals surface area contributed by atoms with E-state index in [1.54, 1.807) is 0 Å². The second-order valence-corrected chi connectivity index (χ2v) is 4.21. The second kappa shape index (κ2) is 5.61. The molecule has 0 saturated carbocycles. The summed E-state index contributed by atoms with van der Waals surface area (Å²) in [6.45, 7) is 3.95. The Labute approximate surface area is 84.2 Å². The minimum Gasteiger partial charge on any atom is -0.381 e. The van der Waals surface area contributed by atoms with E-state index in [1.807, 2.05) is 0 Å². The fourth-order valence-corrected chi connectivity index (χ4v) is 2.58. The fourth-order valence-electron chi connectivity index (χ4n) is 1.32. The highest BCUT2D eigenvalue weighted by Gasteiger charge is 2.20. The summed E-state index contributed by atoms with van der Waals surface area (Å²) in [5.74, 6) is 0.700. The molecule has 2 nitrogen and oxygen atoms in total. The lowest BCUT2D eigenvalue weighted by Crippen LogP contribution is -2.25. The maximum Gasteiger partial charge on any atom is 0.0733 e. The van der Waals surface area contributed by atoms with E-state index in [0.29, 0.717) is 12.0 Å². The van der Waals surface area contributed by atoms with Gasteiger partial charge >= 0.3 is 0 Å². The summed E-state index contributed by atoms with van der Waals surface area (Å²) < 4.78 is 10.7. The molecular formula is C7H13IO2S. The third-order valence-corrected chi connectivity index (χ3v) is 3.12. The molecule has 1 fully saturated rings. The van der Waals surface area contributed by atoms with Crippen LogP contribution in [0.5, 0.6) is 0 Å². The van der Waals surface area contributed by atoms with Crippen LogP contribution in [-0.2, 0) is 8.92 Å². The summed E-state index contributed by atoms with van der Waals surface area (Å²) in [6.07, 6.45) is 2.68. The monoisotopic (exact) mass is 288 g/mol. The van der Waals surface area contributed by atoms with Crippen LogP contribution in [0.2, 0.25) is 0 Å². The number of hydrogen-bond donors (Lipinski definition) is 0. The highest BCUT2D eigenvalue weighted by atomic mass is 127. The molecule has 1 aliphatic heterocycles. The van der Waals surface area contributed by atoms with Crippen molar-refractivity contribution in [2.45, 2.75) is 25.9 Å². The Morgan fingerprint density at radius 1 is 1.55 bits per heavy atom. The predicted octanol–water partition coefficient (Wildman–Crippen LogP) is 2.82. The average Bonchev–Trinajstić information content (AvgIpc) is 2.07. The topological polar surface area (TPSA) is 18.5 Å². The summed E-state index contributed by atoms with van der Waals surface area (Å²) in [5, 5.41) is 0. The number of hydrogen-bond acceptors (Lipinski definition) is 3. The van der Waals surface area contributed by atoms with Gasteiger partial charge in [0.2, 0.25) is 0 Å². The molecule has 0 aromatic carbocycles. The molecule has 1 atom stereocenters. The van der Waals surface area contributed by atoms with Crippen molar-refractivity contribution in [3.05, 3.63) is 0 Å². The van der Waals surface area contributed by atoms with Crippen LogP contribution in [0.25, 0.3) is 0 Å². The van der Waals surface area contributed by atoms with Crippen molar-refractivity contribution in [2.75, 3.05) is 13.2 Å². The molecule has 0 aliphatic carbocycles. The molecule has 0 aromatic rings. The average molecular weight is 288 g/mol. The summed E-state index contributed by atoms with van der Waals surface area (Å²) >= 11 is 2.16. The Hall–Kier alpha value is 1.00. The molecule has 1 heterocycles. The van der Waals surface area contributed by atoms with Crippen LogP contribution in [0, 0.1) is 5.92 Å². The van der Waals surface area contributed by atoms with Gasteiger partial charge in [0, 0.05) is 34.4 Å². The molecular weight excluding hydrogens is 275 g/mol. The summed E-state index contributed by atoms with van der Waals surface area (Å²) in [6, 6.07) is 0. The van der Waals surface area contributed by atoms with Crippen LogP contribution in [0.1, 0.15) is 19.8 Å². The quantitative estimate of drug-likeness (QED) is 0.587. The number of halogens is 1. The predicted molar refractivity (Wildman–Crippen MR) is 55.7 cm³/mol. The third kappa shape index (κ3) is 3.48. The van der Waals surface area contributed by atoms with Gasteiger partial charge in [0.15, 0.2) is 0 Å². The molecule has 1 unspecified atom stereocenters. The lowest BCUT2D eigenvalue weighted by atomic mass is 9.95. The zero-order valence-corrected chi connectivity index (χ0v) is 9.56. The first-order chi connectivity index (χ1) is 5.34. The van der Waals surface area contributed by atoms with Gasteiger partial charge in [-0.3, -0.25) is 0 Å². The van der Waals surface area contributed by atoms with Crippen LogP contribution in [-0.4, -0.2) is 19.3 Å². The van der Waals surface area contributed by atoms with Gasteiger partial charge in [-0.1, -0.05) is 0 Å². The fraction of sp³-hybridized carbons (Fsp3) is 1.00. The lowest BCUT2D eigenvalue weighted by molar-refractivity contribution is 0.0304. The van der Waals surface area contributed by atoms with Gasteiger partial charge in [-0.15, -0.1) is 0 Å². The van der Waals surface area contributed by atoms with Gasteiger partial charge in [-0.25, -0.2) is 0 Å². The van der Waals surface area contributed by atoms with Crippen molar-refractivity contribution in [1.82, 2.24) is 0 Å². The van der Waals surface area contributed by atoms with Crippen molar-refractivity contribution in [2.24, 2.45) is 5.92 Å². The molecule has 0 spiro atoms. The molecule has 1 aliphatic rings. The van der Waals surface area contributed by atoms with Crippen LogP contribution < -0.4 is 0 Å². The molecule has 0 aromatic heterocycles. The maximum atomic E-state index is 5.43. The first-order valence-corrected chi connectivity index (χ1v) is 7.15. The smallest absolute Gasteiger partial charge is 0.0733 e. The van der Waals surface area contributed by atoms with Gasteiger partial charge in [0.05, 0.1) is 15.3 Å². The first-order valence-electron chi connectivity index (χ1n) is 3.86. The standard InChI is InChI=1S/C7H13IO2S/c1-6(10-11-8)7-2-4-9-5-3-7/h6-7H,2-5H2,1H3. The van der Waals surface area contributed by atoms with E-state index in [2.05, 4.69) is 28.1 Å². The molecule has 0 N–H and O–H groups in total. The Morgan fingerprint density at radius 3 is 2.73 bits per heavy atom. The summed E-state index contributed by atoms with van der Waals surface area (Å²) in [4.78, 5) is 0. The first kappa shape index (κ1) is 10.1. The molecule has 1 saturated heterocycles. The van der Waals surface area contributed by atoms with Gasteiger partial charge in [0.25, 0.3) is 0 Å². The van der Waals surface area contributed by atoms with Crippen molar-refractivity contribution >= 4 is 30.4 Å². The molecule has 0 amide bonds. The third-order valence-electron chi connectivity index (χ3n) is 2.12. The Balaban J connectivity index is 2.21. The maximum absolute atomic E-state index is 5.43. The van der Waals surface area contributed by atoms with Crippen LogP contribution >= 0.6 is 30.4 Å². The molecule has 66 valence electrons. The van der Waals surface area contributed by atoms with Gasteiger partial charge in [-0.2, -0.15) is 0 Å². The van der Waals surface area contributed by atoms with Crippen molar-refractivity contribution in [1.29, 1.82) is 0 Å². The van der Waals surface area contributed by atoms with Crippen LogP contribution in [0.15, 0.2) is 0 Å². The minimum absolute atomic E-state index is 0.376. The summed E-state index contributed by atoms with van der Waals surface area (Å²) in [7, 11) is 1.43. The summed E-state index contributed by atoms with van der Waals surface area (Å²) in [5.41, 5.74) is 0.